The molecule has 3 aromatic rings. The van der Waals surface area contributed by atoms with Gasteiger partial charge in [-0.3, -0.25) is 9.48 Å². The van der Waals surface area contributed by atoms with Crippen molar-refractivity contribution < 1.29 is 4.79 Å². The first kappa shape index (κ1) is 14.6. The molecule has 4 rings (SSSR count). The minimum Gasteiger partial charge on any atom is -0.346 e. The van der Waals surface area contributed by atoms with Crippen molar-refractivity contribution in [1.82, 2.24) is 24.7 Å². The Morgan fingerprint density at radius 2 is 2.38 bits per heavy atom. The normalized spacial score (nSPS) is 18.8. The average Bonchev–Trinajstić information content (AvgIpc) is 3.32. The number of nitrogens with zero attached hydrogens (tertiary/aromatic N) is 5. The first-order valence-corrected chi connectivity index (χ1v) is 7.97. The number of carbonyl (C=O) groups is 1. The van der Waals surface area contributed by atoms with Crippen molar-refractivity contribution in [3.05, 3.63) is 31.0 Å². The lowest BCUT2D eigenvalue weighted by molar-refractivity contribution is -0.117. The monoisotopic (exact) mass is 320 g/mol. The molecule has 120 valence electrons. The molecule has 24 heavy (non-hydrogen) atoms. The van der Waals surface area contributed by atoms with Gasteiger partial charge in [0.15, 0.2) is 0 Å². The number of aromatic nitrogens is 5. The van der Waals surface area contributed by atoms with E-state index in [4.69, 9.17) is 5.26 Å². The third kappa shape index (κ3) is 2.46. The Hall–Kier alpha value is -3.01. The first-order valence-electron chi connectivity index (χ1n) is 7.97. The molecule has 1 N–H and O–H groups in total. The van der Waals surface area contributed by atoms with Crippen LogP contribution < -0.4 is 0 Å². The van der Waals surface area contributed by atoms with E-state index in [1.54, 1.807) is 6.20 Å². The van der Waals surface area contributed by atoms with Crippen molar-refractivity contribution >= 4 is 16.8 Å². The van der Waals surface area contributed by atoms with Crippen LogP contribution in [-0.4, -0.2) is 30.5 Å². The molecular formula is C17H16N6O. The van der Waals surface area contributed by atoms with Crippen LogP contribution >= 0.6 is 0 Å². The first-order chi connectivity index (χ1) is 11.8. The van der Waals surface area contributed by atoms with Gasteiger partial charge in [0.2, 0.25) is 0 Å². The highest BCUT2D eigenvalue weighted by molar-refractivity contribution is 5.90. The summed E-state index contributed by atoms with van der Waals surface area (Å²) in [4.78, 5) is 23.2. The van der Waals surface area contributed by atoms with Crippen LogP contribution in [0.25, 0.3) is 22.3 Å². The summed E-state index contributed by atoms with van der Waals surface area (Å²) in [5.74, 6) is 0.461. The fourth-order valence-corrected chi connectivity index (χ4v) is 3.49. The number of H-pyrrole nitrogens is 1. The second-order valence-corrected chi connectivity index (χ2v) is 6.14. The SMILES string of the molecule is N#CCC([C@H]1CCC(=O)C1)n1cc(-c2ncnc3[nH]ccc23)cn1. The van der Waals surface area contributed by atoms with E-state index in [2.05, 4.69) is 26.1 Å². The molecular weight excluding hydrogens is 304 g/mol. The molecule has 1 aliphatic carbocycles. The zero-order chi connectivity index (χ0) is 16.5. The predicted octanol–water partition coefficient (Wildman–Crippen LogP) is 2.65. The lowest BCUT2D eigenvalue weighted by Crippen LogP contribution is -2.18. The molecule has 2 atom stereocenters. The Bertz CT molecular complexity index is 934. The quantitative estimate of drug-likeness (QED) is 0.796. The van der Waals surface area contributed by atoms with E-state index >= 15 is 0 Å². The standard InChI is InChI=1S/C17H16N6O/c18-5-3-15(11-1-2-13(24)7-11)23-9-12(8-22-23)16-14-4-6-19-17(14)21-10-20-16/h4,6,8-11,15H,1-3,7H2,(H,19,20,21)/t11-,15?/m0/s1. The Labute approximate surface area is 138 Å². The molecule has 0 radical (unpaired) electrons. The number of nitrogens with one attached hydrogen (secondary N) is 1. The average molecular weight is 320 g/mol. The summed E-state index contributed by atoms with van der Waals surface area (Å²) in [6.07, 6.45) is 9.35. The van der Waals surface area contributed by atoms with E-state index < -0.39 is 0 Å². The van der Waals surface area contributed by atoms with Gasteiger partial charge in [-0.1, -0.05) is 0 Å². The van der Waals surface area contributed by atoms with E-state index in [0.717, 1.165) is 28.7 Å². The third-order valence-electron chi connectivity index (χ3n) is 4.70. The van der Waals surface area contributed by atoms with Crippen LogP contribution in [-0.2, 0) is 4.79 Å². The van der Waals surface area contributed by atoms with Crippen LogP contribution in [0.4, 0.5) is 0 Å². The van der Waals surface area contributed by atoms with Crippen molar-refractivity contribution in [2.45, 2.75) is 31.7 Å². The number of nitriles is 1. The van der Waals surface area contributed by atoms with Crippen LogP contribution in [0.15, 0.2) is 31.0 Å². The summed E-state index contributed by atoms with van der Waals surface area (Å²) >= 11 is 0. The fraction of sp³-hybridized carbons (Fsp3) is 0.353. The molecule has 1 unspecified atom stereocenters. The van der Waals surface area contributed by atoms with Gasteiger partial charge in [-0.05, 0) is 18.4 Å². The summed E-state index contributed by atoms with van der Waals surface area (Å²) in [7, 11) is 0. The van der Waals surface area contributed by atoms with Gasteiger partial charge in [0.25, 0.3) is 0 Å². The number of hydrogen-bond acceptors (Lipinski definition) is 5. The maximum absolute atomic E-state index is 11.6. The molecule has 0 aromatic carbocycles. The Morgan fingerprint density at radius 3 is 3.17 bits per heavy atom. The van der Waals surface area contributed by atoms with Gasteiger partial charge in [-0.2, -0.15) is 10.4 Å². The fourth-order valence-electron chi connectivity index (χ4n) is 3.49. The predicted molar refractivity (Wildman–Crippen MR) is 86.7 cm³/mol. The maximum Gasteiger partial charge on any atom is 0.141 e. The molecule has 0 amide bonds. The Kier molecular flexibility index (Phi) is 3.58. The topological polar surface area (TPSA) is 100 Å². The van der Waals surface area contributed by atoms with Gasteiger partial charge in [0, 0.05) is 36.2 Å². The number of Topliss-reactive ketones (excluding diaryl/α,β-unsaturated/α-hetero) is 1. The number of ketones is 1. The van der Waals surface area contributed by atoms with Gasteiger partial charge in [-0.15, -0.1) is 0 Å². The number of aromatic amines is 1. The summed E-state index contributed by atoms with van der Waals surface area (Å²) in [6, 6.07) is 4.09. The molecule has 0 spiro atoms. The van der Waals surface area contributed by atoms with Crippen LogP contribution in [0.1, 0.15) is 31.7 Å². The number of rotatable bonds is 4. The molecule has 3 aromatic heterocycles. The highest BCUT2D eigenvalue weighted by Crippen LogP contribution is 2.35. The largest absolute Gasteiger partial charge is 0.346 e. The second kappa shape index (κ2) is 5.89. The Balaban J connectivity index is 1.69. The summed E-state index contributed by atoms with van der Waals surface area (Å²) < 4.78 is 1.82. The van der Waals surface area contributed by atoms with Gasteiger partial charge >= 0.3 is 0 Å². The van der Waals surface area contributed by atoms with Crippen LogP contribution in [0.2, 0.25) is 0 Å². The second-order valence-electron chi connectivity index (χ2n) is 6.14. The molecule has 1 saturated carbocycles. The van der Waals surface area contributed by atoms with E-state index in [9.17, 15) is 4.79 Å². The lowest BCUT2D eigenvalue weighted by Gasteiger charge is -2.20. The highest BCUT2D eigenvalue weighted by atomic mass is 16.1. The zero-order valence-electron chi connectivity index (χ0n) is 13.0. The lowest BCUT2D eigenvalue weighted by atomic mass is 9.96. The summed E-state index contributed by atoms with van der Waals surface area (Å²) in [5.41, 5.74) is 2.47. The minimum absolute atomic E-state index is 0.0706. The van der Waals surface area contributed by atoms with Crippen molar-refractivity contribution in [3.8, 4) is 17.3 Å². The van der Waals surface area contributed by atoms with Crippen molar-refractivity contribution in [2.75, 3.05) is 0 Å². The van der Waals surface area contributed by atoms with E-state index in [-0.39, 0.29) is 17.7 Å². The van der Waals surface area contributed by atoms with Gasteiger partial charge < -0.3 is 4.98 Å². The van der Waals surface area contributed by atoms with Gasteiger partial charge in [-0.25, -0.2) is 9.97 Å². The van der Waals surface area contributed by atoms with Crippen LogP contribution in [0, 0.1) is 17.2 Å². The summed E-state index contributed by atoms with van der Waals surface area (Å²) in [6.45, 7) is 0. The van der Waals surface area contributed by atoms with E-state index in [0.29, 0.717) is 19.3 Å². The van der Waals surface area contributed by atoms with Crippen molar-refractivity contribution in [1.29, 1.82) is 5.26 Å². The number of fused-ring (bicyclic) bond motifs is 1. The number of hydrogen-bond donors (Lipinski definition) is 1. The molecule has 0 aliphatic heterocycles. The molecule has 0 bridgehead atoms. The molecule has 1 aliphatic rings. The van der Waals surface area contributed by atoms with Crippen LogP contribution in [0.5, 0.6) is 0 Å². The van der Waals surface area contributed by atoms with Gasteiger partial charge in [0.1, 0.15) is 17.8 Å². The Morgan fingerprint density at radius 1 is 1.46 bits per heavy atom. The van der Waals surface area contributed by atoms with Gasteiger partial charge in [0.05, 0.1) is 30.4 Å². The third-order valence-corrected chi connectivity index (χ3v) is 4.70. The molecule has 0 saturated heterocycles. The van der Waals surface area contributed by atoms with Crippen molar-refractivity contribution in [3.63, 3.8) is 0 Å². The highest BCUT2D eigenvalue weighted by Gasteiger charge is 2.31. The van der Waals surface area contributed by atoms with E-state index in [1.807, 2.05) is 23.1 Å². The zero-order valence-corrected chi connectivity index (χ0v) is 13.0. The van der Waals surface area contributed by atoms with E-state index in [1.165, 1.54) is 6.33 Å². The van der Waals surface area contributed by atoms with Crippen LogP contribution in [0.3, 0.4) is 0 Å². The molecule has 7 heteroatoms. The van der Waals surface area contributed by atoms with Crippen molar-refractivity contribution in [2.24, 2.45) is 5.92 Å². The maximum atomic E-state index is 11.6. The molecule has 3 heterocycles. The minimum atomic E-state index is -0.0706. The molecule has 1 fully saturated rings. The molecule has 7 nitrogen and oxygen atoms in total. The number of carbonyl (C=O) groups excluding carboxylic acids is 1. The summed E-state index contributed by atoms with van der Waals surface area (Å²) in [5, 5.41) is 14.6. The smallest absolute Gasteiger partial charge is 0.141 e.